The van der Waals surface area contributed by atoms with Gasteiger partial charge in [-0.3, -0.25) is 0 Å². The van der Waals surface area contributed by atoms with E-state index >= 15 is 0 Å². The standard InChI is InChI=1S/C16H26BrNO/c1-5-9-18-15(10-12(3)4)13-7-8-16(19-6-2)14(17)11-13/h7-8,11-12,15,18H,5-6,9-10H2,1-4H3. The molecule has 1 aromatic carbocycles. The molecule has 108 valence electrons. The predicted octanol–water partition coefficient (Wildman–Crippen LogP) is 4.93. The van der Waals surface area contributed by atoms with Crippen LogP contribution in [0.1, 0.15) is 52.1 Å². The van der Waals surface area contributed by atoms with E-state index in [0.29, 0.717) is 18.6 Å². The van der Waals surface area contributed by atoms with Crippen LogP contribution in [0.5, 0.6) is 5.75 Å². The first-order valence-electron chi connectivity index (χ1n) is 7.24. The molecule has 1 aromatic rings. The second-order valence-corrected chi connectivity index (χ2v) is 6.11. The molecule has 0 aliphatic carbocycles. The van der Waals surface area contributed by atoms with Gasteiger partial charge in [0.2, 0.25) is 0 Å². The summed E-state index contributed by atoms with van der Waals surface area (Å²) < 4.78 is 6.61. The van der Waals surface area contributed by atoms with E-state index in [1.54, 1.807) is 0 Å². The van der Waals surface area contributed by atoms with Gasteiger partial charge in [0.15, 0.2) is 0 Å². The Morgan fingerprint density at radius 1 is 1.26 bits per heavy atom. The van der Waals surface area contributed by atoms with Crippen molar-refractivity contribution >= 4 is 15.9 Å². The number of benzene rings is 1. The first kappa shape index (κ1) is 16.5. The molecule has 0 heterocycles. The molecular formula is C16H26BrNO. The molecule has 0 bridgehead atoms. The molecule has 19 heavy (non-hydrogen) atoms. The van der Waals surface area contributed by atoms with Crippen LogP contribution >= 0.6 is 15.9 Å². The van der Waals surface area contributed by atoms with E-state index in [4.69, 9.17) is 4.74 Å². The van der Waals surface area contributed by atoms with E-state index in [0.717, 1.165) is 29.6 Å². The van der Waals surface area contributed by atoms with Crippen LogP contribution in [0.4, 0.5) is 0 Å². The van der Waals surface area contributed by atoms with E-state index in [1.165, 1.54) is 5.56 Å². The van der Waals surface area contributed by atoms with Crippen molar-refractivity contribution in [1.82, 2.24) is 5.32 Å². The van der Waals surface area contributed by atoms with Gasteiger partial charge in [0.25, 0.3) is 0 Å². The summed E-state index contributed by atoms with van der Waals surface area (Å²) in [6.45, 7) is 10.5. The minimum Gasteiger partial charge on any atom is -0.493 e. The number of rotatable bonds is 8. The fraction of sp³-hybridized carbons (Fsp3) is 0.625. The SMILES string of the molecule is CCCNC(CC(C)C)c1ccc(OCC)c(Br)c1. The number of hydrogen-bond donors (Lipinski definition) is 1. The third-order valence-corrected chi connectivity index (χ3v) is 3.63. The summed E-state index contributed by atoms with van der Waals surface area (Å²) in [6, 6.07) is 6.84. The average molecular weight is 328 g/mol. The quantitative estimate of drug-likeness (QED) is 0.730. The first-order chi connectivity index (χ1) is 9.08. The summed E-state index contributed by atoms with van der Waals surface area (Å²) >= 11 is 3.60. The van der Waals surface area contributed by atoms with Crippen molar-refractivity contribution in [2.45, 2.75) is 46.6 Å². The van der Waals surface area contributed by atoms with Gasteiger partial charge in [-0.1, -0.05) is 26.8 Å². The lowest BCUT2D eigenvalue weighted by molar-refractivity contribution is 0.337. The van der Waals surface area contributed by atoms with E-state index in [9.17, 15) is 0 Å². The number of ether oxygens (including phenoxy) is 1. The zero-order chi connectivity index (χ0) is 14.3. The van der Waals surface area contributed by atoms with E-state index < -0.39 is 0 Å². The molecule has 1 N–H and O–H groups in total. The smallest absolute Gasteiger partial charge is 0.133 e. The highest BCUT2D eigenvalue weighted by atomic mass is 79.9. The predicted molar refractivity (Wildman–Crippen MR) is 85.8 cm³/mol. The third-order valence-electron chi connectivity index (χ3n) is 3.01. The normalized spacial score (nSPS) is 12.7. The van der Waals surface area contributed by atoms with Crippen molar-refractivity contribution < 1.29 is 4.74 Å². The first-order valence-corrected chi connectivity index (χ1v) is 8.03. The second-order valence-electron chi connectivity index (χ2n) is 5.26. The highest BCUT2D eigenvalue weighted by molar-refractivity contribution is 9.10. The van der Waals surface area contributed by atoms with Crippen molar-refractivity contribution in [1.29, 1.82) is 0 Å². The van der Waals surface area contributed by atoms with Crippen LogP contribution in [0.3, 0.4) is 0 Å². The summed E-state index contributed by atoms with van der Waals surface area (Å²) in [5.74, 6) is 1.60. The van der Waals surface area contributed by atoms with Gasteiger partial charge in [-0.05, 0) is 65.9 Å². The lowest BCUT2D eigenvalue weighted by atomic mass is 9.97. The zero-order valence-electron chi connectivity index (χ0n) is 12.5. The Morgan fingerprint density at radius 2 is 2.00 bits per heavy atom. The summed E-state index contributed by atoms with van der Waals surface area (Å²) in [6.07, 6.45) is 2.31. The minimum atomic E-state index is 0.423. The maximum absolute atomic E-state index is 5.57. The maximum atomic E-state index is 5.57. The molecular weight excluding hydrogens is 302 g/mol. The summed E-state index contributed by atoms with van der Waals surface area (Å²) in [5.41, 5.74) is 1.33. The van der Waals surface area contributed by atoms with Gasteiger partial charge in [0.05, 0.1) is 11.1 Å². The number of hydrogen-bond acceptors (Lipinski definition) is 2. The molecule has 0 saturated heterocycles. The molecule has 0 radical (unpaired) electrons. The van der Waals surface area contributed by atoms with Crippen molar-refractivity contribution in [3.63, 3.8) is 0 Å². The van der Waals surface area contributed by atoms with Gasteiger partial charge in [0.1, 0.15) is 5.75 Å². The molecule has 1 atom stereocenters. The lowest BCUT2D eigenvalue weighted by Crippen LogP contribution is -2.23. The van der Waals surface area contributed by atoms with Crippen LogP contribution in [0, 0.1) is 5.92 Å². The molecule has 1 unspecified atom stereocenters. The maximum Gasteiger partial charge on any atom is 0.133 e. The molecule has 3 heteroatoms. The molecule has 0 aromatic heterocycles. The molecule has 0 saturated carbocycles. The average Bonchev–Trinajstić information content (AvgIpc) is 2.36. The van der Waals surface area contributed by atoms with Crippen molar-refractivity contribution in [3.8, 4) is 5.75 Å². The minimum absolute atomic E-state index is 0.423. The summed E-state index contributed by atoms with van der Waals surface area (Å²) in [5, 5.41) is 3.63. The van der Waals surface area contributed by atoms with Crippen LogP contribution in [0.15, 0.2) is 22.7 Å². The molecule has 0 aliphatic heterocycles. The van der Waals surface area contributed by atoms with Crippen LogP contribution < -0.4 is 10.1 Å². The van der Waals surface area contributed by atoms with E-state index in [1.807, 2.05) is 6.92 Å². The van der Waals surface area contributed by atoms with Crippen LogP contribution in [-0.4, -0.2) is 13.2 Å². The second kappa shape index (κ2) is 8.60. The topological polar surface area (TPSA) is 21.3 Å². The molecule has 2 nitrogen and oxygen atoms in total. The van der Waals surface area contributed by atoms with Crippen molar-refractivity contribution in [2.24, 2.45) is 5.92 Å². The Bertz CT molecular complexity index is 379. The largest absolute Gasteiger partial charge is 0.493 e. The van der Waals surface area contributed by atoms with Crippen LogP contribution in [0.2, 0.25) is 0 Å². The van der Waals surface area contributed by atoms with Crippen LogP contribution in [-0.2, 0) is 0 Å². The number of halogens is 1. The highest BCUT2D eigenvalue weighted by Gasteiger charge is 2.14. The Balaban J connectivity index is 2.85. The summed E-state index contributed by atoms with van der Waals surface area (Å²) in [7, 11) is 0. The lowest BCUT2D eigenvalue weighted by Gasteiger charge is -2.22. The monoisotopic (exact) mass is 327 g/mol. The van der Waals surface area contributed by atoms with E-state index in [-0.39, 0.29) is 0 Å². The fourth-order valence-corrected chi connectivity index (χ4v) is 2.64. The van der Waals surface area contributed by atoms with Crippen molar-refractivity contribution in [3.05, 3.63) is 28.2 Å². The fourth-order valence-electron chi connectivity index (χ4n) is 2.13. The Morgan fingerprint density at radius 3 is 2.53 bits per heavy atom. The number of nitrogens with one attached hydrogen (secondary N) is 1. The summed E-state index contributed by atoms with van der Waals surface area (Å²) in [4.78, 5) is 0. The van der Waals surface area contributed by atoms with Crippen LogP contribution in [0.25, 0.3) is 0 Å². The Hall–Kier alpha value is -0.540. The van der Waals surface area contributed by atoms with Gasteiger partial charge in [-0.2, -0.15) is 0 Å². The van der Waals surface area contributed by atoms with Gasteiger partial charge < -0.3 is 10.1 Å². The molecule has 0 spiro atoms. The zero-order valence-corrected chi connectivity index (χ0v) is 14.1. The van der Waals surface area contributed by atoms with E-state index in [2.05, 4.69) is 60.2 Å². The Kier molecular flexibility index (Phi) is 7.47. The van der Waals surface area contributed by atoms with Crippen molar-refractivity contribution in [2.75, 3.05) is 13.2 Å². The Labute approximate surface area is 126 Å². The highest BCUT2D eigenvalue weighted by Crippen LogP contribution is 2.30. The molecule has 0 fully saturated rings. The van der Waals surface area contributed by atoms with Gasteiger partial charge in [0, 0.05) is 6.04 Å². The third kappa shape index (κ3) is 5.53. The molecule has 0 aliphatic rings. The molecule has 1 rings (SSSR count). The van der Waals surface area contributed by atoms with Gasteiger partial charge in [-0.15, -0.1) is 0 Å². The van der Waals surface area contributed by atoms with Gasteiger partial charge >= 0.3 is 0 Å². The van der Waals surface area contributed by atoms with Gasteiger partial charge in [-0.25, -0.2) is 0 Å². The molecule has 0 amide bonds.